The molecular formula is C14H19F3N2O2S. The van der Waals surface area contributed by atoms with Gasteiger partial charge in [0.1, 0.15) is 28.1 Å². The maximum absolute atomic E-state index is 12.1. The Bertz CT molecular complexity index is 528. The van der Waals surface area contributed by atoms with E-state index < -0.39 is 35.3 Å². The average Bonchev–Trinajstić information content (AvgIpc) is 2.35. The van der Waals surface area contributed by atoms with Crippen molar-refractivity contribution in [3.63, 3.8) is 0 Å². The first-order valence-corrected chi connectivity index (χ1v) is 7.72. The molecule has 0 aliphatic rings. The summed E-state index contributed by atoms with van der Waals surface area (Å²) in [4.78, 5) is 4.02. The van der Waals surface area contributed by atoms with E-state index in [0.717, 1.165) is 0 Å². The van der Waals surface area contributed by atoms with E-state index >= 15 is 0 Å². The Kier molecular flexibility index (Phi) is 6.25. The van der Waals surface area contributed by atoms with Crippen molar-refractivity contribution in [3.05, 3.63) is 23.5 Å². The van der Waals surface area contributed by atoms with Crippen molar-refractivity contribution < 1.29 is 22.5 Å². The number of rotatable bonds is 5. The Balaban J connectivity index is 2.68. The molecule has 0 saturated heterocycles. The quantitative estimate of drug-likeness (QED) is 0.610. The predicted molar refractivity (Wildman–Crippen MR) is 80.6 cm³/mol. The third-order valence-corrected chi connectivity index (χ3v) is 3.88. The zero-order chi connectivity index (χ0) is 17.0. The lowest BCUT2D eigenvalue weighted by Gasteiger charge is -2.17. The largest absolute Gasteiger partial charge is 0.591 e. The summed E-state index contributed by atoms with van der Waals surface area (Å²) in [5.41, 5.74) is 1.11. The highest BCUT2D eigenvalue weighted by Gasteiger charge is 2.27. The van der Waals surface area contributed by atoms with E-state index in [9.17, 15) is 17.7 Å². The summed E-state index contributed by atoms with van der Waals surface area (Å²) in [6.07, 6.45) is -2.54. The molecule has 4 nitrogen and oxygen atoms in total. The fourth-order valence-corrected chi connectivity index (χ4v) is 1.84. The minimum Gasteiger partial charge on any atom is -0.591 e. The van der Waals surface area contributed by atoms with Crippen molar-refractivity contribution in [3.8, 4) is 5.75 Å². The Hall–Kier alpha value is -1.28. The maximum atomic E-state index is 12.1. The molecule has 0 spiro atoms. The number of ether oxygens (including phenoxy) is 1. The molecular weight excluding hydrogens is 317 g/mol. The monoisotopic (exact) mass is 336 g/mol. The number of aromatic nitrogens is 1. The standard InChI is InChI=1S/C14H19F3N2O2S/c1-10-7-11(8-19-22(20)13(2,3)4)18-9-12(10)21-6-5-14(15,16)17/h7-9H,5-6H2,1-4H3/b19-8+. The summed E-state index contributed by atoms with van der Waals surface area (Å²) in [5, 5.41) is 0. The van der Waals surface area contributed by atoms with Crippen molar-refractivity contribution in [1.29, 1.82) is 0 Å². The lowest BCUT2D eigenvalue weighted by Crippen LogP contribution is -2.25. The Morgan fingerprint density at radius 3 is 2.50 bits per heavy atom. The van der Waals surface area contributed by atoms with Crippen LogP contribution in [-0.2, 0) is 11.4 Å². The Morgan fingerprint density at radius 1 is 1.36 bits per heavy atom. The van der Waals surface area contributed by atoms with Gasteiger partial charge in [-0.25, -0.2) is 0 Å². The van der Waals surface area contributed by atoms with E-state index in [2.05, 4.69) is 9.38 Å². The van der Waals surface area contributed by atoms with Crippen LogP contribution in [0.25, 0.3) is 0 Å². The first-order valence-electron chi connectivity index (χ1n) is 6.61. The normalized spacial score (nSPS) is 14.4. The second kappa shape index (κ2) is 7.32. The fraction of sp³-hybridized carbons (Fsp3) is 0.571. The second-order valence-electron chi connectivity index (χ2n) is 5.68. The molecule has 0 aliphatic heterocycles. The van der Waals surface area contributed by atoms with Gasteiger partial charge in [0.15, 0.2) is 0 Å². The summed E-state index contributed by atoms with van der Waals surface area (Å²) in [6.45, 7) is 6.65. The van der Waals surface area contributed by atoms with Crippen LogP contribution >= 0.6 is 0 Å². The average molecular weight is 336 g/mol. The molecule has 1 aromatic rings. The van der Waals surface area contributed by atoms with Crippen molar-refractivity contribution in [1.82, 2.24) is 4.98 Å². The highest BCUT2D eigenvalue weighted by Crippen LogP contribution is 2.22. The highest BCUT2D eigenvalue weighted by atomic mass is 32.2. The van der Waals surface area contributed by atoms with Crippen molar-refractivity contribution in [2.75, 3.05) is 6.61 Å². The lowest BCUT2D eigenvalue weighted by atomic mass is 10.2. The zero-order valence-electron chi connectivity index (χ0n) is 12.9. The van der Waals surface area contributed by atoms with Crippen LogP contribution < -0.4 is 4.74 Å². The zero-order valence-corrected chi connectivity index (χ0v) is 13.7. The van der Waals surface area contributed by atoms with Gasteiger partial charge in [-0.3, -0.25) is 4.98 Å². The minimum atomic E-state index is -4.25. The molecule has 1 atom stereocenters. The van der Waals surface area contributed by atoms with Gasteiger partial charge in [-0.05, 0) is 39.3 Å². The summed E-state index contributed by atoms with van der Waals surface area (Å²) in [7, 11) is 0. The van der Waals surface area contributed by atoms with Crippen LogP contribution in [0.15, 0.2) is 16.7 Å². The molecule has 1 rings (SSSR count). The number of hydrogen-bond acceptors (Lipinski definition) is 4. The topological polar surface area (TPSA) is 57.5 Å². The van der Waals surface area contributed by atoms with Crippen LogP contribution in [-0.4, -0.2) is 33.3 Å². The van der Waals surface area contributed by atoms with Gasteiger partial charge >= 0.3 is 6.18 Å². The smallest absolute Gasteiger partial charge is 0.392 e. The van der Waals surface area contributed by atoms with Crippen molar-refractivity contribution >= 4 is 17.6 Å². The van der Waals surface area contributed by atoms with E-state index in [1.165, 1.54) is 12.4 Å². The van der Waals surface area contributed by atoms with Gasteiger partial charge in [0.25, 0.3) is 0 Å². The van der Waals surface area contributed by atoms with Crippen molar-refractivity contribution in [2.45, 2.75) is 45.0 Å². The molecule has 0 aliphatic carbocycles. The van der Waals surface area contributed by atoms with Gasteiger partial charge in [0.2, 0.25) is 0 Å². The first kappa shape index (κ1) is 18.8. The van der Waals surface area contributed by atoms with Gasteiger partial charge in [0.05, 0.1) is 24.9 Å². The predicted octanol–water partition coefficient (Wildman–Crippen LogP) is 3.60. The van der Waals surface area contributed by atoms with Crippen molar-refractivity contribution in [2.24, 2.45) is 4.40 Å². The van der Waals surface area contributed by atoms with E-state index in [1.54, 1.807) is 33.8 Å². The van der Waals surface area contributed by atoms with Crippen LogP contribution in [0.4, 0.5) is 13.2 Å². The number of hydrogen-bond donors (Lipinski definition) is 0. The van der Waals surface area contributed by atoms with E-state index in [-0.39, 0.29) is 0 Å². The molecule has 0 saturated carbocycles. The Labute approximate surface area is 131 Å². The molecule has 0 bridgehead atoms. The van der Waals surface area contributed by atoms with Gasteiger partial charge in [-0.2, -0.15) is 13.2 Å². The van der Waals surface area contributed by atoms with Gasteiger partial charge in [-0.1, -0.05) is 4.40 Å². The second-order valence-corrected chi connectivity index (χ2v) is 7.62. The molecule has 0 radical (unpaired) electrons. The molecule has 22 heavy (non-hydrogen) atoms. The fourth-order valence-electron chi connectivity index (χ4n) is 1.32. The van der Waals surface area contributed by atoms with Crippen LogP contribution in [0, 0.1) is 6.92 Å². The Morgan fingerprint density at radius 2 is 2.00 bits per heavy atom. The van der Waals surface area contributed by atoms with Crippen LogP contribution in [0.3, 0.4) is 0 Å². The number of halogens is 3. The summed E-state index contributed by atoms with van der Waals surface area (Å²) in [6, 6.07) is 1.62. The number of nitrogens with zero attached hydrogens (tertiary/aromatic N) is 2. The van der Waals surface area contributed by atoms with E-state index in [1.807, 2.05) is 0 Å². The number of pyridine rings is 1. The minimum absolute atomic E-state index is 0.290. The van der Waals surface area contributed by atoms with Gasteiger partial charge in [0, 0.05) is 0 Å². The van der Waals surface area contributed by atoms with E-state index in [4.69, 9.17) is 4.74 Å². The van der Waals surface area contributed by atoms with Crippen LogP contribution in [0.2, 0.25) is 0 Å². The third kappa shape index (κ3) is 6.65. The summed E-state index contributed by atoms with van der Waals surface area (Å²) in [5.74, 6) is 0.290. The lowest BCUT2D eigenvalue weighted by molar-refractivity contribution is -0.139. The highest BCUT2D eigenvalue weighted by molar-refractivity contribution is 7.91. The third-order valence-electron chi connectivity index (χ3n) is 2.53. The number of alkyl halides is 3. The molecule has 0 aromatic carbocycles. The van der Waals surface area contributed by atoms with E-state index in [0.29, 0.717) is 17.0 Å². The molecule has 0 amide bonds. The van der Waals surface area contributed by atoms with Gasteiger partial charge < -0.3 is 9.29 Å². The van der Waals surface area contributed by atoms with Gasteiger partial charge in [-0.15, -0.1) is 0 Å². The number of aryl methyl sites for hydroxylation is 1. The summed E-state index contributed by atoms with van der Waals surface area (Å²) >= 11 is -1.39. The molecule has 1 heterocycles. The maximum Gasteiger partial charge on any atom is 0.392 e. The molecule has 1 unspecified atom stereocenters. The molecule has 1 aromatic heterocycles. The molecule has 0 N–H and O–H groups in total. The van der Waals surface area contributed by atoms with Crippen LogP contribution in [0.1, 0.15) is 38.4 Å². The molecule has 8 heteroatoms. The summed E-state index contributed by atoms with van der Waals surface area (Å²) < 4.78 is 56.5. The van der Waals surface area contributed by atoms with Crippen LogP contribution in [0.5, 0.6) is 5.75 Å². The SMILES string of the molecule is Cc1cc(/C=N/[S+]([O-])C(C)(C)C)ncc1OCCC(F)(F)F. The molecule has 0 fully saturated rings. The molecule has 124 valence electrons. The first-order chi connectivity index (χ1) is 9.99.